The quantitative estimate of drug-likeness (QED) is 0.455. The van der Waals surface area contributed by atoms with Gasteiger partial charge in [-0.3, -0.25) is 14.2 Å². The summed E-state index contributed by atoms with van der Waals surface area (Å²) in [7, 11) is 3.05. The molecule has 2 heterocycles. The Morgan fingerprint density at radius 1 is 0.971 bits per heavy atom. The summed E-state index contributed by atoms with van der Waals surface area (Å²) < 4.78 is 13.4. The third kappa shape index (κ3) is 4.68. The van der Waals surface area contributed by atoms with Crippen LogP contribution in [-0.2, 0) is 11.3 Å². The van der Waals surface area contributed by atoms with E-state index in [0.29, 0.717) is 22.9 Å². The minimum atomic E-state index is -0.397. The van der Waals surface area contributed by atoms with E-state index in [1.54, 1.807) is 22.9 Å². The van der Waals surface area contributed by atoms with E-state index in [9.17, 15) is 9.59 Å². The second-order valence-electron chi connectivity index (χ2n) is 7.69. The molecule has 9 heteroatoms. The van der Waals surface area contributed by atoms with Gasteiger partial charge in [0.05, 0.1) is 25.6 Å². The first-order valence-electron chi connectivity index (χ1n) is 10.6. The minimum absolute atomic E-state index is 0.247. The first-order chi connectivity index (χ1) is 16.4. The number of anilines is 1. The summed E-state index contributed by atoms with van der Waals surface area (Å²) in [4.78, 5) is 30.8. The number of nitrogens with one attached hydrogen (secondary N) is 1. The van der Waals surface area contributed by atoms with Crippen LogP contribution < -0.4 is 20.3 Å². The fraction of sp³-hybridized carbons (Fsp3) is 0.200. The molecule has 0 radical (unpaired) electrons. The molecule has 4 aromatic rings. The lowest BCUT2D eigenvalue weighted by Gasteiger charge is -2.15. The summed E-state index contributed by atoms with van der Waals surface area (Å²) in [5.41, 5.74) is 3.02. The van der Waals surface area contributed by atoms with Crippen molar-refractivity contribution < 1.29 is 14.3 Å². The van der Waals surface area contributed by atoms with Crippen molar-refractivity contribution in [1.82, 2.24) is 19.3 Å². The SMILES string of the molecule is COc1ccc(NC(=O)Cn2c(-n3nc(C)cc3C)nc(-c3ccccc3)cc2=O)cc1OC. The van der Waals surface area contributed by atoms with E-state index >= 15 is 0 Å². The van der Waals surface area contributed by atoms with Gasteiger partial charge in [0.25, 0.3) is 5.56 Å². The molecule has 1 N–H and O–H groups in total. The highest BCUT2D eigenvalue weighted by molar-refractivity contribution is 5.91. The Morgan fingerprint density at radius 2 is 1.71 bits per heavy atom. The smallest absolute Gasteiger partial charge is 0.256 e. The normalized spacial score (nSPS) is 10.7. The van der Waals surface area contributed by atoms with Crippen LogP contribution in [0.5, 0.6) is 11.5 Å². The average molecular weight is 460 g/mol. The maximum atomic E-state index is 13.2. The third-order valence-electron chi connectivity index (χ3n) is 5.23. The van der Waals surface area contributed by atoms with Crippen LogP contribution in [0, 0.1) is 13.8 Å². The highest BCUT2D eigenvalue weighted by Gasteiger charge is 2.18. The number of hydrogen-bond acceptors (Lipinski definition) is 6. The van der Waals surface area contributed by atoms with E-state index in [2.05, 4.69) is 10.4 Å². The second kappa shape index (κ2) is 9.62. The van der Waals surface area contributed by atoms with Crippen LogP contribution in [-0.4, -0.2) is 39.5 Å². The Morgan fingerprint density at radius 3 is 2.35 bits per heavy atom. The van der Waals surface area contributed by atoms with Gasteiger partial charge in [0, 0.05) is 29.1 Å². The lowest BCUT2D eigenvalue weighted by Crippen LogP contribution is -2.31. The molecule has 0 unspecified atom stereocenters. The Balaban J connectivity index is 1.72. The van der Waals surface area contributed by atoms with Gasteiger partial charge in [-0.2, -0.15) is 5.10 Å². The second-order valence-corrected chi connectivity index (χ2v) is 7.69. The maximum Gasteiger partial charge on any atom is 0.256 e. The van der Waals surface area contributed by atoms with Crippen LogP contribution in [0.2, 0.25) is 0 Å². The van der Waals surface area contributed by atoms with E-state index in [4.69, 9.17) is 14.5 Å². The number of aryl methyl sites for hydroxylation is 2. The molecule has 34 heavy (non-hydrogen) atoms. The van der Waals surface area contributed by atoms with Crippen LogP contribution in [0.3, 0.4) is 0 Å². The molecule has 174 valence electrons. The van der Waals surface area contributed by atoms with Crippen molar-refractivity contribution in [2.75, 3.05) is 19.5 Å². The molecule has 0 atom stereocenters. The largest absolute Gasteiger partial charge is 0.493 e. The predicted molar refractivity (Wildman–Crippen MR) is 129 cm³/mol. The summed E-state index contributed by atoms with van der Waals surface area (Å²) in [6.07, 6.45) is 0. The predicted octanol–water partition coefficient (Wildman–Crippen LogP) is 3.37. The van der Waals surface area contributed by atoms with Crippen LogP contribution in [0.4, 0.5) is 5.69 Å². The Labute approximate surface area is 196 Å². The molecular formula is C25H25N5O4. The standard InChI is InChI=1S/C25H25N5O4/c1-16-12-17(2)30(28-16)25-27-20(18-8-6-5-7-9-18)14-24(32)29(25)15-23(31)26-19-10-11-21(33-3)22(13-19)34-4/h5-14H,15H2,1-4H3,(H,26,31). The van der Waals surface area contributed by atoms with Crippen molar-refractivity contribution in [3.8, 4) is 28.7 Å². The molecule has 0 aliphatic rings. The number of nitrogens with zero attached hydrogens (tertiary/aromatic N) is 4. The van der Waals surface area contributed by atoms with Crippen LogP contribution in [0.15, 0.2) is 65.5 Å². The first-order valence-corrected chi connectivity index (χ1v) is 10.6. The van der Waals surface area contributed by atoms with Crippen LogP contribution in [0.1, 0.15) is 11.4 Å². The van der Waals surface area contributed by atoms with Crippen molar-refractivity contribution in [2.24, 2.45) is 0 Å². The topological polar surface area (TPSA) is 100 Å². The van der Waals surface area contributed by atoms with Gasteiger partial charge in [0.2, 0.25) is 11.9 Å². The molecule has 0 fully saturated rings. The van der Waals surface area contributed by atoms with Crippen molar-refractivity contribution >= 4 is 11.6 Å². The summed E-state index contributed by atoms with van der Waals surface area (Å²) >= 11 is 0. The van der Waals surface area contributed by atoms with Crippen molar-refractivity contribution in [2.45, 2.75) is 20.4 Å². The van der Waals surface area contributed by atoms with Gasteiger partial charge in [-0.05, 0) is 32.0 Å². The van der Waals surface area contributed by atoms with Crippen LogP contribution >= 0.6 is 0 Å². The third-order valence-corrected chi connectivity index (χ3v) is 5.23. The zero-order valence-electron chi connectivity index (χ0n) is 19.4. The number of benzene rings is 2. The maximum absolute atomic E-state index is 13.2. The molecule has 4 rings (SSSR count). The zero-order chi connectivity index (χ0) is 24.2. The summed E-state index contributed by atoms with van der Waals surface area (Å²) in [5.74, 6) is 0.893. The van der Waals surface area contributed by atoms with Gasteiger partial charge in [-0.1, -0.05) is 30.3 Å². The van der Waals surface area contributed by atoms with E-state index in [-0.39, 0.29) is 18.1 Å². The minimum Gasteiger partial charge on any atom is -0.493 e. The van der Waals surface area contributed by atoms with E-state index in [1.807, 2.05) is 50.2 Å². The monoisotopic (exact) mass is 459 g/mol. The van der Waals surface area contributed by atoms with E-state index in [0.717, 1.165) is 17.0 Å². The van der Waals surface area contributed by atoms with Gasteiger partial charge in [0.1, 0.15) is 6.54 Å². The lowest BCUT2D eigenvalue weighted by atomic mass is 10.1. The number of amides is 1. The fourth-order valence-corrected chi connectivity index (χ4v) is 3.65. The van der Waals surface area contributed by atoms with Gasteiger partial charge in [-0.25, -0.2) is 9.67 Å². The fourth-order valence-electron chi connectivity index (χ4n) is 3.65. The van der Waals surface area contributed by atoms with Gasteiger partial charge < -0.3 is 14.8 Å². The molecule has 0 bridgehead atoms. The molecule has 0 saturated carbocycles. The molecule has 0 aliphatic carbocycles. The molecule has 0 saturated heterocycles. The number of ether oxygens (including phenoxy) is 2. The number of aromatic nitrogens is 4. The number of rotatable bonds is 7. The molecule has 0 spiro atoms. The molecule has 9 nitrogen and oxygen atoms in total. The van der Waals surface area contributed by atoms with Crippen molar-refractivity contribution in [1.29, 1.82) is 0 Å². The molecule has 2 aromatic carbocycles. The molecule has 1 amide bonds. The highest BCUT2D eigenvalue weighted by Crippen LogP contribution is 2.29. The summed E-state index contributed by atoms with van der Waals surface area (Å²) in [6.45, 7) is 3.48. The number of hydrogen-bond donors (Lipinski definition) is 1. The van der Waals surface area contributed by atoms with Crippen LogP contribution in [0.25, 0.3) is 17.2 Å². The lowest BCUT2D eigenvalue weighted by molar-refractivity contribution is -0.116. The van der Waals surface area contributed by atoms with Gasteiger partial charge in [0.15, 0.2) is 11.5 Å². The summed E-state index contributed by atoms with van der Waals surface area (Å²) in [5, 5.41) is 7.28. The Bertz CT molecular complexity index is 1390. The molecular weight excluding hydrogens is 434 g/mol. The number of carbonyl (C=O) groups is 1. The van der Waals surface area contributed by atoms with Crippen molar-refractivity contribution in [3.63, 3.8) is 0 Å². The number of carbonyl (C=O) groups excluding carboxylic acids is 1. The zero-order valence-corrected chi connectivity index (χ0v) is 19.4. The number of methoxy groups -OCH3 is 2. The van der Waals surface area contributed by atoms with E-state index in [1.165, 1.54) is 24.9 Å². The summed E-state index contributed by atoms with van der Waals surface area (Å²) in [6, 6.07) is 17.7. The first kappa shape index (κ1) is 22.8. The Kier molecular flexibility index (Phi) is 6.44. The van der Waals surface area contributed by atoms with Gasteiger partial charge >= 0.3 is 0 Å². The van der Waals surface area contributed by atoms with Crippen molar-refractivity contribution in [3.05, 3.63) is 82.4 Å². The van der Waals surface area contributed by atoms with Gasteiger partial charge in [-0.15, -0.1) is 0 Å². The average Bonchev–Trinajstić information content (AvgIpc) is 3.18. The molecule has 0 aliphatic heterocycles. The molecule has 2 aromatic heterocycles. The Hall–Kier alpha value is -4.40. The highest BCUT2D eigenvalue weighted by atomic mass is 16.5. The van der Waals surface area contributed by atoms with E-state index < -0.39 is 5.91 Å².